The van der Waals surface area contributed by atoms with Gasteiger partial charge in [0.05, 0.1) is 16.1 Å². The first-order valence-corrected chi connectivity index (χ1v) is 12.1. The lowest BCUT2D eigenvalue weighted by molar-refractivity contribution is -0.116. The number of sulfonamides is 1. The predicted molar refractivity (Wildman–Crippen MR) is 124 cm³/mol. The fourth-order valence-electron chi connectivity index (χ4n) is 3.83. The van der Waals surface area contributed by atoms with Gasteiger partial charge in [-0.05, 0) is 60.0 Å². The molecule has 0 saturated heterocycles. The molecule has 0 saturated carbocycles. The third-order valence-electron chi connectivity index (χ3n) is 5.59. The number of fused-ring (bicyclic) bond motifs is 2. The number of amides is 2. The number of benzene rings is 3. The van der Waals surface area contributed by atoms with E-state index in [-0.39, 0.29) is 35.4 Å². The molecule has 0 unspecified atom stereocenters. The molecular weight excluding hydrogens is 458 g/mol. The molecule has 9 nitrogen and oxygen atoms in total. The van der Waals surface area contributed by atoms with Crippen LogP contribution < -0.4 is 24.8 Å². The number of nitrogens with one attached hydrogen (secondary N) is 3. The lowest BCUT2D eigenvalue weighted by Gasteiger charge is -2.18. The van der Waals surface area contributed by atoms with Crippen LogP contribution in [0.25, 0.3) is 0 Å². The van der Waals surface area contributed by atoms with Crippen molar-refractivity contribution in [2.75, 3.05) is 16.8 Å². The van der Waals surface area contributed by atoms with Crippen molar-refractivity contribution in [1.82, 2.24) is 5.32 Å². The van der Waals surface area contributed by atoms with E-state index < -0.39 is 15.9 Å². The fraction of sp³-hybridized carbons (Fsp3) is 0.167. The lowest BCUT2D eigenvalue weighted by Crippen LogP contribution is -2.25. The summed E-state index contributed by atoms with van der Waals surface area (Å²) in [6, 6.07) is 16.3. The molecule has 2 aliphatic heterocycles. The Balaban J connectivity index is 1.32. The zero-order chi connectivity index (χ0) is 23.7. The van der Waals surface area contributed by atoms with E-state index >= 15 is 0 Å². The van der Waals surface area contributed by atoms with Crippen LogP contribution >= 0.6 is 0 Å². The van der Waals surface area contributed by atoms with E-state index in [1.165, 1.54) is 12.1 Å². The average Bonchev–Trinajstić information content (AvgIpc) is 3.30. The van der Waals surface area contributed by atoms with Gasteiger partial charge in [-0.25, -0.2) is 8.42 Å². The van der Waals surface area contributed by atoms with E-state index in [0.29, 0.717) is 30.0 Å². The highest BCUT2D eigenvalue weighted by Gasteiger charge is 2.22. The second-order valence-electron chi connectivity index (χ2n) is 7.89. The van der Waals surface area contributed by atoms with Crippen LogP contribution in [0.15, 0.2) is 65.6 Å². The number of para-hydroxylation sites is 1. The van der Waals surface area contributed by atoms with E-state index in [1.807, 2.05) is 6.07 Å². The Morgan fingerprint density at radius 2 is 1.79 bits per heavy atom. The third kappa shape index (κ3) is 4.40. The molecule has 0 spiro atoms. The summed E-state index contributed by atoms with van der Waals surface area (Å²) in [5.41, 5.74) is 2.53. The molecule has 2 amide bonds. The molecule has 0 fully saturated rings. The number of hydrogen-bond acceptors (Lipinski definition) is 6. The van der Waals surface area contributed by atoms with Crippen molar-refractivity contribution in [3.8, 4) is 11.5 Å². The van der Waals surface area contributed by atoms with Crippen molar-refractivity contribution < 1.29 is 27.5 Å². The van der Waals surface area contributed by atoms with Crippen molar-refractivity contribution >= 4 is 33.2 Å². The molecule has 10 heteroatoms. The average molecular weight is 480 g/mol. The molecular formula is C24H21N3O6S. The quantitative estimate of drug-likeness (QED) is 0.500. The second-order valence-corrected chi connectivity index (χ2v) is 9.57. The van der Waals surface area contributed by atoms with Gasteiger partial charge in [0.15, 0.2) is 11.5 Å². The summed E-state index contributed by atoms with van der Waals surface area (Å²) in [5, 5.41) is 5.54. The summed E-state index contributed by atoms with van der Waals surface area (Å²) in [6.45, 7) is 0.393. The van der Waals surface area contributed by atoms with Crippen LogP contribution in [0.5, 0.6) is 11.5 Å². The molecule has 0 atom stereocenters. The van der Waals surface area contributed by atoms with Crippen molar-refractivity contribution in [1.29, 1.82) is 0 Å². The van der Waals surface area contributed by atoms with Crippen LogP contribution in [0.4, 0.5) is 11.4 Å². The second kappa shape index (κ2) is 8.71. The normalized spacial score (nSPS) is 14.2. The summed E-state index contributed by atoms with van der Waals surface area (Å²) in [7, 11) is -3.96. The summed E-state index contributed by atoms with van der Waals surface area (Å²) < 4.78 is 39.3. The molecule has 2 aliphatic rings. The summed E-state index contributed by atoms with van der Waals surface area (Å²) in [5.74, 6) is 0.745. The largest absolute Gasteiger partial charge is 0.454 e. The smallest absolute Gasteiger partial charge is 0.261 e. The van der Waals surface area contributed by atoms with Crippen LogP contribution in [-0.2, 0) is 27.8 Å². The molecule has 3 aromatic rings. The number of ether oxygens (including phenoxy) is 2. The van der Waals surface area contributed by atoms with E-state index in [4.69, 9.17) is 9.47 Å². The zero-order valence-corrected chi connectivity index (χ0v) is 18.8. The first kappa shape index (κ1) is 21.8. The molecule has 3 aromatic carbocycles. The molecule has 174 valence electrons. The van der Waals surface area contributed by atoms with Gasteiger partial charge in [-0.3, -0.25) is 14.3 Å². The number of carbonyl (C=O) groups excluding carboxylic acids is 2. The Morgan fingerprint density at radius 3 is 2.68 bits per heavy atom. The standard InChI is InChI=1S/C24H21N3O6S/c28-23-10-6-16-12-17(7-8-19(16)26-23)34(30,31)27-20-4-2-1-3-18(20)24(29)25-13-15-5-9-21-22(11-15)33-14-32-21/h1-5,7-9,11-12,27H,6,10,13-14H2,(H,25,29)(H,26,28). The molecule has 2 heterocycles. The summed E-state index contributed by atoms with van der Waals surface area (Å²) >= 11 is 0. The van der Waals surface area contributed by atoms with Gasteiger partial charge in [-0.2, -0.15) is 0 Å². The van der Waals surface area contributed by atoms with E-state index in [1.54, 1.807) is 42.5 Å². The maximum Gasteiger partial charge on any atom is 0.261 e. The van der Waals surface area contributed by atoms with Gasteiger partial charge in [0, 0.05) is 18.7 Å². The van der Waals surface area contributed by atoms with E-state index in [0.717, 1.165) is 11.1 Å². The van der Waals surface area contributed by atoms with Crippen LogP contribution in [0.1, 0.15) is 27.9 Å². The highest BCUT2D eigenvalue weighted by atomic mass is 32.2. The third-order valence-corrected chi connectivity index (χ3v) is 6.95. The van der Waals surface area contributed by atoms with Gasteiger partial charge >= 0.3 is 0 Å². The van der Waals surface area contributed by atoms with Gasteiger partial charge < -0.3 is 20.1 Å². The Labute approximate surface area is 196 Å². The van der Waals surface area contributed by atoms with Crippen LogP contribution in [0.3, 0.4) is 0 Å². The number of rotatable bonds is 6. The molecule has 0 radical (unpaired) electrons. The first-order valence-electron chi connectivity index (χ1n) is 10.6. The van der Waals surface area contributed by atoms with Crippen molar-refractivity contribution in [2.24, 2.45) is 0 Å². The first-order chi connectivity index (χ1) is 16.4. The number of carbonyl (C=O) groups is 2. The van der Waals surface area contributed by atoms with Crippen molar-refractivity contribution in [3.05, 3.63) is 77.4 Å². The number of anilines is 2. The van der Waals surface area contributed by atoms with E-state index in [2.05, 4.69) is 15.4 Å². The van der Waals surface area contributed by atoms with Crippen LogP contribution in [-0.4, -0.2) is 27.0 Å². The molecule has 34 heavy (non-hydrogen) atoms. The maximum absolute atomic E-state index is 13.1. The van der Waals surface area contributed by atoms with Crippen molar-refractivity contribution in [2.45, 2.75) is 24.3 Å². The van der Waals surface area contributed by atoms with Gasteiger partial charge in [-0.15, -0.1) is 0 Å². The zero-order valence-electron chi connectivity index (χ0n) is 18.0. The summed E-state index contributed by atoms with van der Waals surface area (Å²) in [4.78, 5) is 24.5. The molecule has 3 N–H and O–H groups in total. The molecule has 0 aliphatic carbocycles. The highest BCUT2D eigenvalue weighted by molar-refractivity contribution is 7.92. The Bertz CT molecular complexity index is 1400. The number of aryl methyl sites for hydroxylation is 1. The van der Waals surface area contributed by atoms with Gasteiger partial charge in [-0.1, -0.05) is 18.2 Å². The summed E-state index contributed by atoms with van der Waals surface area (Å²) in [6.07, 6.45) is 0.764. The molecule has 0 bridgehead atoms. The Hall–Kier alpha value is -4.05. The number of hydrogen-bond donors (Lipinski definition) is 3. The van der Waals surface area contributed by atoms with Gasteiger partial charge in [0.25, 0.3) is 15.9 Å². The fourth-order valence-corrected chi connectivity index (χ4v) is 4.96. The topological polar surface area (TPSA) is 123 Å². The Morgan fingerprint density at radius 1 is 0.971 bits per heavy atom. The van der Waals surface area contributed by atoms with Crippen LogP contribution in [0, 0.1) is 0 Å². The minimum Gasteiger partial charge on any atom is -0.454 e. The van der Waals surface area contributed by atoms with Gasteiger partial charge in [0.1, 0.15) is 0 Å². The monoisotopic (exact) mass is 479 g/mol. The lowest BCUT2D eigenvalue weighted by atomic mass is 10.0. The van der Waals surface area contributed by atoms with E-state index in [9.17, 15) is 18.0 Å². The molecule has 5 rings (SSSR count). The highest BCUT2D eigenvalue weighted by Crippen LogP contribution is 2.32. The Kier molecular flexibility index (Phi) is 5.58. The van der Waals surface area contributed by atoms with Gasteiger partial charge in [0.2, 0.25) is 12.7 Å². The van der Waals surface area contributed by atoms with Crippen LogP contribution in [0.2, 0.25) is 0 Å². The minimum absolute atomic E-state index is 0.0537. The maximum atomic E-state index is 13.1. The van der Waals surface area contributed by atoms with Crippen molar-refractivity contribution in [3.63, 3.8) is 0 Å². The SMILES string of the molecule is O=C1CCc2cc(S(=O)(=O)Nc3ccccc3C(=O)NCc3ccc4c(c3)OCO4)ccc2N1. The minimum atomic E-state index is -3.96. The molecule has 0 aromatic heterocycles. The predicted octanol–water partition coefficient (Wildman–Crippen LogP) is 3.03.